The number of hydrogen-bond donors (Lipinski definition) is 4. The Bertz CT molecular complexity index is 56.5. The molecule has 0 saturated heterocycles. The maximum atomic E-state index is 8.70. The smallest absolute Gasteiger partial charge is 0.331 e. The Morgan fingerprint density at radius 2 is 1.20 bits per heavy atom. The normalized spacial score (nSPS) is 6.20. The van der Waals surface area contributed by atoms with Crippen molar-refractivity contribution in [2.45, 2.75) is 13.8 Å². The van der Waals surface area contributed by atoms with E-state index >= 15 is 0 Å². The van der Waals surface area contributed by atoms with E-state index in [0.29, 0.717) is 0 Å². The summed E-state index contributed by atoms with van der Waals surface area (Å²) in [7, 11) is -2.87. The molecule has 0 rings (SSSR count). The molecule has 0 radical (unpaired) electrons. The van der Waals surface area contributed by atoms with Crippen LogP contribution in [0.1, 0.15) is 13.8 Å². The average molecular weight is 171 g/mol. The summed E-state index contributed by atoms with van der Waals surface area (Å²) < 4.78 is 8.70. The zero-order valence-electron chi connectivity index (χ0n) is 6.32. The fourth-order valence-corrected chi connectivity index (χ4v) is 0. The first kappa shape index (κ1) is 16.5. The third-order valence-corrected chi connectivity index (χ3v) is 0. The van der Waals surface area contributed by atoms with Gasteiger partial charge in [0, 0.05) is 4.57 Å². The monoisotopic (exact) mass is 171 g/mol. The molecule has 64 valence electrons. The Morgan fingerprint density at radius 3 is 1.20 bits per heavy atom. The SMILES string of the molecule is CCN.CCN.O=[P+](O)O. The average Bonchev–Trinajstić information content (AvgIpc) is 1.65. The molecule has 0 heterocycles. The molecular formula is C4H16N2O3P+. The molecule has 0 aliphatic carbocycles. The van der Waals surface area contributed by atoms with Crippen molar-refractivity contribution in [1.29, 1.82) is 0 Å². The van der Waals surface area contributed by atoms with Crippen LogP contribution in [0.15, 0.2) is 0 Å². The molecule has 0 amide bonds. The molecule has 0 unspecified atom stereocenters. The van der Waals surface area contributed by atoms with Crippen LogP contribution in [0, 0.1) is 0 Å². The first-order chi connectivity index (χ1) is 4.56. The Kier molecular flexibility index (Phi) is 38.1. The Labute approximate surface area is 62.0 Å². The fourth-order valence-electron chi connectivity index (χ4n) is 0. The quantitative estimate of drug-likeness (QED) is 0.369. The lowest BCUT2D eigenvalue weighted by molar-refractivity contribution is 0.405. The first-order valence-electron chi connectivity index (χ1n) is 2.81. The van der Waals surface area contributed by atoms with Crippen LogP contribution in [-0.2, 0) is 4.57 Å². The molecule has 0 fully saturated rings. The van der Waals surface area contributed by atoms with E-state index in [2.05, 4.69) is 0 Å². The topological polar surface area (TPSA) is 110 Å². The lowest BCUT2D eigenvalue weighted by Gasteiger charge is -1.53. The summed E-state index contributed by atoms with van der Waals surface area (Å²) in [6.45, 7) is 5.31. The van der Waals surface area contributed by atoms with Crippen LogP contribution in [0.25, 0.3) is 0 Å². The number of hydrogen-bond acceptors (Lipinski definition) is 3. The Balaban J connectivity index is -0.0000000750. The molecular weight excluding hydrogens is 155 g/mol. The largest absolute Gasteiger partial charge is 0.692 e. The maximum Gasteiger partial charge on any atom is 0.692 e. The second kappa shape index (κ2) is 23.1. The molecule has 0 saturated carbocycles. The molecule has 0 aliphatic heterocycles. The summed E-state index contributed by atoms with van der Waals surface area (Å²) >= 11 is 0. The third kappa shape index (κ3) is 106000. The summed E-state index contributed by atoms with van der Waals surface area (Å²) in [5.41, 5.74) is 9.69. The van der Waals surface area contributed by atoms with Crippen molar-refractivity contribution in [2.24, 2.45) is 11.5 Å². The van der Waals surface area contributed by atoms with Crippen LogP contribution in [-0.4, -0.2) is 22.9 Å². The first-order valence-corrected chi connectivity index (χ1v) is 3.98. The van der Waals surface area contributed by atoms with Crippen LogP contribution in [0.5, 0.6) is 0 Å². The Morgan fingerprint density at radius 1 is 1.20 bits per heavy atom. The van der Waals surface area contributed by atoms with Crippen molar-refractivity contribution in [2.75, 3.05) is 13.1 Å². The molecule has 0 aromatic carbocycles. The van der Waals surface area contributed by atoms with Crippen LogP contribution in [0.2, 0.25) is 0 Å². The molecule has 0 bridgehead atoms. The maximum absolute atomic E-state index is 8.70. The minimum atomic E-state index is -2.87. The van der Waals surface area contributed by atoms with Crippen LogP contribution in [0.3, 0.4) is 0 Å². The van der Waals surface area contributed by atoms with Crippen molar-refractivity contribution in [3.8, 4) is 0 Å². The molecule has 5 nitrogen and oxygen atoms in total. The van der Waals surface area contributed by atoms with Gasteiger partial charge in [0.1, 0.15) is 0 Å². The van der Waals surface area contributed by atoms with E-state index in [1.807, 2.05) is 13.8 Å². The van der Waals surface area contributed by atoms with Crippen molar-refractivity contribution in [3.63, 3.8) is 0 Å². The third-order valence-electron chi connectivity index (χ3n) is 0. The molecule has 10 heavy (non-hydrogen) atoms. The van der Waals surface area contributed by atoms with E-state index in [9.17, 15) is 0 Å². The molecule has 0 atom stereocenters. The van der Waals surface area contributed by atoms with Gasteiger partial charge in [0.05, 0.1) is 0 Å². The molecule has 6 N–H and O–H groups in total. The summed E-state index contributed by atoms with van der Waals surface area (Å²) in [6.07, 6.45) is 0. The molecule has 0 aromatic heterocycles. The molecule has 0 aliphatic rings. The highest BCUT2D eigenvalue weighted by Crippen LogP contribution is 1.98. The standard InChI is InChI=1S/2C2H7N.HO3P/c2*1-2-3;1-4(2)3/h2*2-3H2,1H3;(H-,1,2,3)/p+1. The Hall–Kier alpha value is -0.0600. The summed E-state index contributed by atoms with van der Waals surface area (Å²) in [4.78, 5) is 14.2. The van der Waals surface area contributed by atoms with E-state index < -0.39 is 8.25 Å². The lowest BCUT2D eigenvalue weighted by Crippen LogP contribution is -1.87. The van der Waals surface area contributed by atoms with Crippen LogP contribution in [0.4, 0.5) is 0 Å². The highest BCUT2D eigenvalue weighted by atomic mass is 31.1. The summed E-state index contributed by atoms with van der Waals surface area (Å²) in [6, 6.07) is 0. The lowest BCUT2D eigenvalue weighted by atomic mass is 10.8. The van der Waals surface area contributed by atoms with E-state index in [1.165, 1.54) is 0 Å². The zero-order chi connectivity index (χ0) is 8.99. The fraction of sp³-hybridized carbons (Fsp3) is 1.00. The van der Waals surface area contributed by atoms with E-state index in [4.69, 9.17) is 25.8 Å². The predicted octanol–water partition coefficient (Wildman–Crippen LogP) is -0.442. The van der Waals surface area contributed by atoms with E-state index in [-0.39, 0.29) is 0 Å². The summed E-state index contributed by atoms with van der Waals surface area (Å²) in [5.74, 6) is 0. The summed E-state index contributed by atoms with van der Waals surface area (Å²) in [5, 5.41) is 0. The van der Waals surface area contributed by atoms with Crippen molar-refractivity contribution >= 4 is 8.25 Å². The van der Waals surface area contributed by atoms with E-state index in [1.54, 1.807) is 0 Å². The van der Waals surface area contributed by atoms with Crippen molar-refractivity contribution in [3.05, 3.63) is 0 Å². The van der Waals surface area contributed by atoms with Gasteiger partial charge in [-0.05, 0) is 13.1 Å². The second-order valence-electron chi connectivity index (χ2n) is 1.07. The molecule has 6 heteroatoms. The van der Waals surface area contributed by atoms with Gasteiger partial charge in [-0.3, -0.25) is 0 Å². The number of rotatable bonds is 0. The van der Waals surface area contributed by atoms with Crippen molar-refractivity contribution < 1.29 is 14.4 Å². The van der Waals surface area contributed by atoms with Crippen LogP contribution < -0.4 is 11.5 Å². The predicted molar refractivity (Wildman–Crippen MR) is 41.5 cm³/mol. The van der Waals surface area contributed by atoms with Gasteiger partial charge >= 0.3 is 8.25 Å². The second-order valence-corrected chi connectivity index (χ2v) is 1.57. The van der Waals surface area contributed by atoms with Gasteiger partial charge in [-0.2, -0.15) is 0 Å². The van der Waals surface area contributed by atoms with Gasteiger partial charge in [0.2, 0.25) is 0 Å². The van der Waals surface area contributed by atoms with Gasteiger partial charge < -0.3 is 11.5 Å². The zero-order valence-corrected chi connectivity index (χ0v) is 7.21. The van der Waals surface area contributed by atoms with Gasteiger partial charge in [-0.1, -0.05) is 13.8 Å². The van der Waals surface area contributed by atoms with Crippen LogP contribution >= 0.6 is 8.25 Å². The van der Waals surface area contributed by atoms with Crippen molar-refractivity contribution in [1.82, 2.24) is 0 Å². The minimum Gasteiger partial charge on any atom is -0.331 e. The minimum absolute atomic E-state index is 0.750. The van der Waals surface area contributed by atoms with E-state index in [0.717, 1.165) is 13.1 Å². The van der Waals surface area contributed by atoms with Gasteiger partial charge in [-0.25, -0.2) is 0 Å². The number of nitrogens with two attached hydrogens (primary N) is 2. The highest BCUT2D eigenvalue weighted by molar-refractivity contribution is 7.30. The molecule has 0 aromatic rings. The highest BCUT2D eigenvalue weighted by Gasteiger charge is 1.93. The van der Waals surface area contributed by atoms with Gasteiger partial charge in [0.25, 0.3) is 0 Å². The molecule has 0 spiro atoms. The van der Waals surface area contributed by atoms with Gasteiger partial charge in [0.15, 0.2) is 0 Å². The van der Waals surface area contributed by atoms with Gasteiger partial charge in [-0.15, -0.1) is 9.79 Å².